The van der Waals surface area contributed by atoms with Gasteiger partial charge in [0.2, 0.25) is 0 Å². The second kappa shape index (κ2) is 5.57. The number of hydrogen-bond donors (Lipinski definition) is 1. The van der Waals surface area contributed by atoms with Gasteiger partial charge in [-0.2, -0.15) is 0 Å². The van der Waals surface area contributed by atoms with E-state index in [1.165, 1.54) is 0 Å². The van der Waals surface area contributed by atoms with Gasteiger partial charge >= 0.3 is 12.2 Å². The minimum Gasteiger partial charge on any atom is -0.445 e. The predicted octanol–water partition coefficient (Wildman–Crippen LogP) is 2.29. The fourth-order valence-electron chi connectivity index (χ4n) is 2.84. The van der Waals surface area contributed by atoms with Crippen LogP contribution in [0, 0.1) is 0 Å². The van der Waals surface area contributed by atoms with Crippen molar-refractivity contribution < 1.29 is 28.6 Å². The zero-order chi connectivity index (χ0) is 16.5. The third kappa shape index (κ3) is 2.86. The number of hydrogen-bond acceptors (Lipinski definition) is 6. The van der Waals surface area contributed by atoms with Crippen molar-refractivity contribution in [3.8, 4) is 0 Å². The second-order valence-electron chi connectivity index (χ2n) is 5.94. The Labute approximate surface area is 132 Å². The summed E-state index contributed by atoms with van der Waals surface area (Å²) in [6.07, 6.45) is -0.992. The largest absolute Gasteiger partial charge is 0.515 e. The van der Waals surface area contributed by atoms with E-state index in [9.17, 15) is 14.4 Å². The van der Waals surface area contributed by atoms with Gasteiger partial charge in [-0.15, -0.1) is 0 Å². The highest BCUT2D eigenvalue weighted by Gasteiger charge is 2.65. The average Bonchev–Trinajstić information content (AvgIpc) is 2.49. The molecule has 23 heavy (non-hydrogen) atoms. The number of amides is 1. The molecule has 1 heterocycles. The summed E-state index contributed by atoms with van der Waals surface area (Å²) in [5.74, 6) is -1.50. The fraction of sp³-hybridized carbons (Fsp3) is 0.438. The molecule has 0 radical (unpaired) electrons. The lowest BCUT2D eigenvalue weighted by molar-refractivity contribution is -0.310. The highest BCUT2D eigenvalue weighted by molar-refractivity contribution is 5.83. The first-order valence-corrected chi connectivity index (χ1v) is 7.35. The number of alkyl carbamates (subject to hydrolysis) is 1. The third-order valence-corrected chi connectivity index (χ3v) is 4.26. The summed E-state index contributed by atoms with van der Waals surface area (Å²) in [6, 6.07) is 9.25. The van der Waals surface area contributed by atoms with Crippen molar-refractivity contribution in [3.63, 3.8) is 0 Å². The van der Waals surface area contributed by atoms with Crippen LogP contribution < -0.4 is 5.32 Å². The number of benzene rings is 1. The molecule has 2 fully saturated rings. The molecule has 1 spiro atoms. The van der Waals surface area contributed by atoms with Gasteiger partial charge in [-0.25, -0.2) is 9.59 Å². The number of rotatable bonds is 3. The molecule has 1 amide bonds. The van der Waals surface area contributed by atoms with Crippen LogP contribution in [0.3, 0.4) is 0 Å². The van der Waals surface area contributed by atoms with E-state index in [0.29, 0.717) is 6.42 Å². The van der Waals surface area contributed by atoms with Crippen LogP contribution in [0.2, 0.25) is 0 Å². The van der Waals surface area contributed by atoms with Gasteiger partial charge in [0.15, 0.2) is 0 Å². The molecule has 7 heteroatoms. The van der Waals surface area contributed by atoms with Gasteiger partial charge in [0.1, 0.15) is 17.9 Å². The molecule has 3 rings (SSSR count). The van der Waals surface area contributed by atoms with Crippen LogP contribution >= 0.6 is 0 Å². The van der Waals surface area contributed by atoms with Crippen LogP contribution in [-0.4, -0.2) is 29.4 Å². The van der Waals surface area contributed by atoms with Crippen molar-refractivity contribution in [1.29, 1.82) is 0 Å². The molecule has 122 valence electrons. The number of ether oxygens (including phenoxy) is 3. The molecule has 1 atom stereocenters. The van der Waals surface area contributed by atoms with Crippen molar-refractivity contribution in [3.05, 3.63) is 35.9 Å². The van der Waals surface area contributed by atoms with Gasteiger partial charge in [0, 0.05) is 6.42 Å². The molecule has 0 aromatic heterocycles. The number of nitrogens with one attached hydrogen (secondary N) is 1. The molecule has 2 aliphatic rings. The van der Waals surface area contributed by atoms with Crippen molar-refractivity contribution in [1.82, 2.24) is 5.32 Å². The summed E-state index contributed by atoms with van der Waals surface area (Å²) < 4.78 is 15.3. The number of carbonyl (C=O) groups is 3. The standard InChI is InChI=1S/C16H17NO6/c1-15(8-7-12(18)9-16(15)22-14(20)23-16)17-13(19)21-10-11-5-3-2-4-6-11/h2-6H,7-10H2,1H3,(H,17,19). The zero-order valence-corrected chi connectivity index (χ0v) is 12.7. The second-order valence-corrected chi connectivity index (χ2v) is 5.94. The fourth-order valence-corrected chi connectivity index (χ4v) is 2.84. The topological polar surface area (TPSA) is 90.9 Å². The van der Waals surface area contributed by atoms with Crippen molar-refractivity contribution >= 4 is 18.0 Å². The van der Waals surface area contributed by atoms with Gasteiger partial charge in [-0.05, 0) is 18.9 Å². The Hall–Kier alpha value is -2.57. The molecular weight excluding hydrogens is 302 g/mol. The van der Waals surface area contributed by atoms with E-state index in [0.717, 1.165) is 5.56 Å². The van der Waals surface area contributed by atoms with Gasteiger partial charge in [0.05, 0.1) is 6.42 Å². The smallest absolute Gasteiger partial charge is 0.445 e. The van der Waals surface area contributed by atoms with Crippen molar-refractivity contribution in [2.45, 2.75) is 44.1 Å². The molecule has 1 unspecified atom stereocenters. The predicted molar refractivity (Wildman–Crippen MR) is 77.3 cm³/mol. The van der Waals surface area contributed by atoms with Crippen LogP contribution in [0.4, 0.5) is 9.59 Å². The maximum Gasteiger partial charge on any atom is 0.515 e. The Morgan fingerprint density at radius 2 is 1.96 bits per heavy atom. The molecule has 1 aliphatic carbocycles. The van der Waals surface area contributed by atoms with E-state index in [1.54, 1.807) is 6.92 Å². The zero-order valence-electron chi connectivity index (χ0n) is 12.7. The molecule has 1 N–H and O–H groups in total. The monoisotopic (exact) mass is 319 g/mol. The summed E-state index contributed by atoms with van der Waals surface area (Å²) in [5.41, 5.74) is -0.157. The van der Waals surface area contributed by atoms with Gasteiger partial charge in [0.25, 0.3) is 5.79 Å². The molecule has 7 nitrogen and oxygen atoms in total. The lowest BCUT2D eigenvalue weighted by atomic mass is 9.76. The summed E-state index contributed by atoms with van der Waals surface area (Å²) in [7, 11) is 0. The van der Waals surface area contributed by atoms with E-state index in [-0.39, 0.29) is 25.2 Å². The minimum absolute atomic E-state index is 0.0746. The summed E-state index contributed by atoms with van der Waals surface area (Å²) in [5, 5.41) is 2.68. The van der Waals surface area contributed by atoms with Gasteiger partial charge in [-0.3, -0.25) is 4.79 Å². The Bertz CT molecular complexity index is 635. The molecular formula is C16H17NO6. The number of ketones is 1. The average molecular weight is 319 g/mol. The normalized spacial score (nSPS) is 25.1. The molecule has 0 bridgehead atoms. The first kappa shape index (κ1) is 15.3. The Kier molecular flexibility index (Phi) is 3.71. The minimum atomic E-state index is -1.43. The van der Waals surface area contributed by atoms with Crippen LogP contribution in [0.25, 0.3) is 0 Å². The lowest BCUT2D eigenvalue weighted by Crippen LogP contribution is -2.73. The highest BCUT2D eigenvalue weighted by Crippen LogP contribution is 2.45. The van der Waals surface area contributed by atoms with Gasteiger partial charge < -0.3 is 19.5 Å². The number of carbonyl (C=O) groups excluding carboxylic acids is 3. The number of Topliss-reactive ketones (excluding diaryl/α,β-unsaturated/α-hetero) is 1. The molecule has 1 aromatic rings. The maximum atomic E-state index is 12.1. The molecule has 1 saturated carbocycles. The van der Waals surface area contributed by atoms with E-state index in [2.05, 4.69) is 5.32 Å². The summed E-state index contributed by atoms with van der Waals surface area (Å²) in [6.45, 7) is 1.80. The van der Waals surface area contributed by atoms with Crippen LogP contribution in [-0.2, 0) is 25.6 Å². The van der Waals surface area contributed by atoms with E-state index in [4.69, 9.17) is 14.2 Å². The van der Waals surface area contributed by atoms with Crippen LogP contribution in [0.1, 0.15) is 31.7 Å². The van der Waals surface area contributed by atoms with E-state index < -0.39 is 23.6 Å². The first-order chi connectivity index (χ1) is 10.9. The first-order valence-electron chi connectivity index (χ1n) is 7.35. The quantitative estimate of drug-likeness (QED) is 0.860. The van der Waals surface area contributed by atoms with Crippen LogP contribution in [0.5, 0.6) is 0 Å². The SMILES string of the molecule is CC1(NC(=O)OCc2ccccc2)CCC(=O)CC12OC(=O)O2. The Morgan fingerprint density at radius 3 is 2.61 bits per heavy atom. The summed E-state index contributed by atoms with van der Waals surface area (Å²) in [4.78, 5) is 34.8. The molecule has 1 saturated heterocycles. The third-order valence-electron chi connectivity index (χ3n) is 4.26. The highest BCUT2D eigenvalue weighted by atomic mass is 16.9. The Balaban J connectivity index is 1.64. The van der Waals surface area contributed by atoms with E-state index in [1.807, 2.05) is 30.3 Å². The maximum absolute atomic E-state index is 12.1. The molecule has 1 aromatic carbocycles. The molecule has 1 aliphatic heterocycles. The summed E-state index contributed by atoms with van der Waals surface area (Å²) >= 11 is 0. The van der Waals surface area contributed by atoms with Crippen molar-refractivity contribution in [2.24, 2.45) is 0 Å². The lowest BCUT2D eigenvalue weighted by Gasteiger charge is -2.52. The Morgan fingerprint density at radius 1 is 1.26 bits per heavy atom. The van der Waals surface area contributed by atoms with Gasteiger partial charge in [-0.1, -0.05) is 30.3 Å². The van der Waals surface area contributed by atoms with Crippen molar-refractivity contribution in [2.75, 3.05) is 0 Å². The van der Waals surface area contributed by atoms with Crippen LogP contribution in [0.15, 0.2) is 30.3 Å². The van der Waals surface area contributed by atoms with E-state index >= 15 is 0 Å².